The molecule has 0 spiro atoms. The van der Waals surface area contributed by atoms with Crippen molar-refractivity contribution in [2.45, 2.75) is 6.92 Å². The van der Waals surface area contributed by atoms with Gasteiger partial charge in [0.05, 0.1) is 5.69 Å². The van der Waals surface area contributed by atoms with E-state index in [4.69, 9.17) is 16.4 Å². The lowest BCUT2D eigenvalue weighted by atomic mass is 10.2. The van der Waals surface area contributed by atoms with Crippen LogP contribution >= 0.6 is 44.2 Å². The minimum atomic E-state index is 0.367. The number of benzene rings is 1. The summed E-state index contributed by atoms with van der Waals surface area (Å²) in [6.07, 6.45) is 0. The molecule has 2 N–H and O–H groups in total. The SMILES string of the molecule is Cc1c(I)cccc1N=C(N)SCl. The maximum Gasteiger partial charge on any atom is 0.174 e. The van der Waals surface area contributed by atoms with Gasteiger partial charge in [0.25, 0.3) is 0 Å². The average molecular weight is 327 g/mol. The largest absolute Gasteiger partial charge is 0.377 e. The zero-order chi connectivity index (χ0) is 9.84. The van der Waals surface area contributed by atoms with Crippen molar-refractivity contribution < 1.29 is 0 Å². The first kappa shape index (κ1) is 11.1. The molecule has 0 bridgehead atoms. The molecule has 0 aliphatic heterocycles. The van der Waals surface area contributed by atoms with Gasteiger partial charge in [-0.1, -0.05) is 6.07 Å². The lowest BCUT2D eigenvalue weighted by molar-refractivity contribution is 1.37. The topological polar surface area (TPSA) is 38.4 Å². The highest BCUT2D eigenvalue weighted by molar-refractivity contribution is 14.1. The van der Waals surface area contributed by atoms with Crippen molar-refractivity contribution in [2.24, 2.45) is 10.7 Å². The van der Waals surface area contributed by atoms with Gasteiger partial charge in [-0.05, 0) is 57.9 Å². The van der Waals surface area contributed by atoms with Crippen LogP contribution in [0.15, 0.2) is 23.2 Å². The van der Waals surface area contributed by atoms with E-state index >= 15 is 0 Å². The fourth-order valence-electron chi connectivity index (χ4n) is 0.853. The Balaban J connectivity index is 3.09. The third-order valence-corrected chi connectivity index (χ3v) is 3.44. The van der Waals surface area contributed by atoms with Gasteiger partial charge in [0.2, 0.25) is 0 Å². The lowest BCUT2D eigenvalue weighted by Gasteiger charge is -2.02. The van der Waals surface area contributed by atoms with Crippen LogP contribution < -0.4 is 5.73 Å². The van der Waals surface area contributed by atoms with Crippen LogP contribution in [0.3, 0.4) is 0 Å². The number of nitrogens with two attached hydrogens (primary N) is 1. The van der Waals surface area contributed by atoms with Crippen molar-refractivity contribution >= 4 is 55.1 Å². The summed E-state index contributed by atoms with van der Waals surface area (Å²) in [5.74, 6) is 0. The van der Waals surface area contributed by atoms with Crippen LogP contribution in [0.4, 0.5) is 5.69 Å². The lowest BCUT2D eigenvalue weighted by Crippen LogP contribution is -2.03. The van der Waals surface area contributed by atoms with Gasteiger partial charge in [-0.15, -0.1) is 0 Å². The van der Waals surface area contributed by atoms with E-state index in [1.54, 1.807) is 0 Å². The summed E-state index contributed by atoms with van der Waals surface area (Å²) in [5, 5.41) is 0.367. The zero-order valence-corrected chi connectivity index (χ0v) is 10.7. The maximum absolute atomic E-state index is 5.50. The maximum atomic E-state index is 5.50. The molecular formula is C8H8ClIN2S. The van der Waals surface area contributed by atoms with Gasteiger partial charge in [0, 0.05) is 14.5 Å². The molecule has 0 heterocycles. The standard InChI is InChI=1S/C8H8ClIN2S/c1-5-6(10)3-2-4-7(5)12-8(11)13-9/h2-4H,1H3,(H2,11,12). The molecular weight excluding hydrogens is 319 g/mol. The Morgan fingerprint density at radius 3 is 2.92 bits per heavy atom. The van der Waals surface area contributed by atoms with Crippen LogP contribution in [0.5, 0.6) is 0 Å². The highest BCUT2D eigenvalue weighted by atomic mass is 127. The first-order chi connectivity index (χ1) is 6.15. The molecule has 0 saturated carbocycles. The van der Waals surface area contributed by atoms with Gasteiger partial charge in [-0.2, -0.15) is 0 Å². The molecule has 5 heteroatoms. The number of amidine groups is 1. The molecule has 70 valence electrons. The van der Waals surface area contributed by atoms with Gasteiger partial charge >= 0.3 is 0 Å². The second-order valence-corrected chi connectivity index (χ2v) is 4.61. The monoisotopic (exact) mass is 326 g/mol. The van der Waals surface area contributed by atoms with Gasteiger partial charge in [0.15, 0.2) is 5.17 Å². The number of rotatable bonds is 1. The second-order valence-electron chi connectivity index (χ2n) is 2.41. The van der Waals surface area contributed by atoms with Crippen molar-refractivity contribution in [2.75, 3.05) is 0 Å². The average Bonchev–Trinajstić information content (AvgIpc) is 2.13. The summed E-state index contributed by atoms with van der Waals surface area (Å²) >= 11 is 2.26. The molecule has 13 heavy (non-hydrogen) atoms. The third-order valence-electron chi connectivity index (χ3n) is 1.55. The number of aliphatic imine (C=N–C) groups is 1. The van der Waals surface area contributed by atoms with E-state index in [1.165, 1.54) is 3.57 Å². The minimum Gasteiger partial charge on any atom is -0.377 e. The number of nitrogens with zero attached hydrogens (tertiary/aromatic N) is 1. The molecule has 0 saturated heterocycles. The Labute approximate surface area is 99.6 Å². The zero-order valence-electron chi connectivity index (χ0n) is 6.92. The van der Waals surface area contributed by atoms with Crippen LogP contribution in [0.2, 0.25) is 0 Å². The molecule has 0 radical (unpaired) electrons. The third kappa shape index (κ3) is 3.03. The van der Waals surface area contributed by atoms with E-state index in [0.29, 0.717) is 5.17 Å². The predicted molar refractivity (Wildman–Crippen MR) is 68.6 cm³/mol. The van der Waals surface area contributed by atoms with Crippen LogP contribution in [0.1, 0.15) is 5.56 Å². The van der Waals surface area contributed by atoms with Crippen LogP contribution in [0, 0.1) is 10.5 Å². The van der Waals surface area contributed by atoms with Gasteiger partial charge in [-0.25, -0.2) is 4.99 Å². The molecule has 0 unspecified atom stereocenters. The number of halogens is 2. The van der Waals surface area contributed by atoms with Crippen LogP contribution in [-0.4, -0.2) is 5.17 Å². The number of hydrogen-bond acceptors (Lipinski definition) is 2. The van der Waals surface area contributed by atoms with Crippen LogP contribution in [-0.2, 0) is 0 Å². The van der Waals surface area contributed by atoms with Crippen molar-refractivity contribution in [3.8, 4) is 0 Å². The normalized spacial score (nSPS) is 11.8. The van der Waals surface area contributed by atoms with Crippen molar-refractivity contribution in [3.05, 3.63) is 27.3 Å². The first-order valence-electron chi connectivity index (χ1n) is 3.53. The Kier molecular flexibility index (Phi) is 4.34. The van der Waals surface area contributed by atoms with Gasteiger partial charge in [-0.3, -0.25) is 0 Å². The van der Waals surface area contributed by atoms with Crippen molar-refractivity contribution in [1.82, 2.24) is 0 Å². The molecule has 0 aliphatic carbocycles. The molecule has 0 aliphatic rings. The van der Waals surface area contributed by atoms with Gasteiger partial charge < -0.3 is 5.73 Å². The Hall–Kier alpha value is 0.0600. The van der Waals surface area contributed by atoms with E-state index in [2.05, 4.69) is 27.6 Å². The summed E-state index contributed by atoms with van der Waals surface area (Å²) in [6.45, 7) is 2.01. The Morgan fingerprint density at radius 1 is 1.62 bits per heavy atom. The highest BCUT2D eigenvalue weighted by Gasteiger charge is 2.00. The molecule has 1 aromatic rings. The summed E-state index contributed by atoms with van der Waals surface area (Å²) in [4.78, 5) is 4.16. The Morgan fingerprint density at radius 2 is 2.31 bits per heavy atom. The molecule has 0 aromatic heterocycles. The van der Waals surface area contributed by atoms with E-state index in [9.17, 15) is 0 Å². The molecule has 0 amide bonds. The Bertz CT molecular complexity index is 341. The molecule has 0 fully saturated rings. The van der Waals surface area contributed by atoms with E-state index in [0.717, 1.165) is 22.2 Å². The van der Waals surface area contributed by atoms with Crippen molar-refractivity contribution in [3.63, 3.8) is 0 Å². The van der Waals surface area contributed by atoms with Gasteiger partial charge in [0.1, 0.15) is 0 Å². The first-order valence-corrected chi connectivity index (χ1v) is 6.25. The summed E-state index contributed by atoms with van der Waals surface area (Å²) in [5.41, 5.74) is 7.50. The predicted octanol–water partition coefficient (Wildman–Crippen LogP) is 3.43. The van der Waals surface area contributed by atoms with E-state index < -0.39 is 0 Å². The fourth-order valence-corrected chi connectivity index (χ4v) is 1.57. The second kappa shape index (κ2) is 5.07. The summed E-state index contributed by atoms with van der Waals surface area (Å²) in [7, 11) is 6.38. The highest BCUT2D eigenvalue weighted by Crippen LogP contribution is 2.24. The number of hydrogen-bond donors (Lipinski definition) is 1. The minimum absolute atomic E-state index is 0.367. The van der Waals surface area contributed by atoms with E-state index in [1.807, 2.05) is 25.1 Å². The van der Waals surface area contributed by atoms with E-state index in [-0.39, 0.29) is 0 Å². The molecule has 1 rings (SSSR count). The van der Waals surface area contributed by atoms with Crippen molar-refractivity contribution in [1.29, 1.82) is 0 Å². The molecule has 1 aromatic carbocycles. The smallest absolute Gasteiger partial charge is 0.174 e. The van der Waals surface area contributed by atoms with Crippen LogP contribution in [0.25, 0.3) is 0 Å². The molecule has 2 nitrogen and oxygen atoms in total. The summed E-state index contributed by atoms with van der Waals surface area (Å²) in [6, 6.07) is 5.89. The quantitative estimate of drug-likeness (QED) is 0.488. The fraction of sp³-hybridized carbons (Fsp3) is 0.125. The summed E-state index contributed by atoms with van der Waals surface area (Å²) < 4.78 is 1.17. The molecule has 0 atom stereocenters.